The number of thioether (sulfide) groups is 1. The molecule has 44 heavy (non-hydrogen) atoms. The monoisotopic (exact) mass is 631 g/mol. The minimum absolute atomic E-state index is 0.0344. The maximum Gasteiger partial charge on any atom is 0.290 e. The molecular formula is C34H46FNO7S. The Balaban J connectivity index is 0.000000587. The number of allylic oxidation sites excluding steroid dienone is 6. The van der Waals surface area contributed by atoms with Crippen LogP contribution in [0.15, 0.2) is 79.2 Å². The van der Waals surface area contributed by atoms with Crippen molar-refractivity contribution in [2.75, 3.05) is 12.9 Å². The lowest BCUT2D eigenvalue weighted by atomic mass is 9.43. The summed E-state index contributed by atoms with van der Waals surface area (Å²) in [5.41, 5.74) is -2.43. The number of ether oxygens (including phenoxy) is 2. The van der Waals surface area contributed by atoms with Gasteiger partial charge in [0.25, 0.3) is 11.6 Å². The van der Waals surface area contributed by atoms with E-state index < -0.39 is 17.1 Å². The maximum atomic E-state index is 17.5. The molecule has 242 valence electrons. The van der Waals surface area contributed by atoms with Gasteiger partial charge < -0.3 is 14.6 Å². The van der Waals surface area contributed by atoms with Gasteiger partial charge in [-0.15, -0.1) is 6.58 Å². The topological polar surface area (TPSA) is 119 Å². The molecule has 1 N–H and O–H groups in total. The van der Waals surface area contributed by atoms with Gasteiger partial charge in [-0.25, -0.2) is 4.39 Å². The first-order chi connectivity index (χ1) is 20.8. The van der Waals surface area contributed by atoms with Crippen LogP contribution in [0.4, 0.5) is 4.39 Å². The first kappa shape index (κ1) is 36.9. The Bertz CT molecular complexity index is 1210. The van der Waals surface area contributed by atoms with Gasteiger partial charge >= 0.3 is 0 Å². The molecule has 0 aromatic carbocycles. The number of carboxylic acid groups (broad SMARTS) is 1. The molecule has 8 nitrogen and oxygen atoms in total. The van der Waals surface area contributed by atoms with Crippen molar-refractivity contribution in [3.05, 3.63) is 78.9 Å². The van der Waals surface area contributed by atoms with E-state index in [2.05, 4.69) is 50.4 Å². The van der Waals surface area contributed by atoms with Crippen molar-refractivity contribution < 1.29 is 33.4 Å². The molecule has 4 rings (SSSR count). The van der Waals surface area contributed by atoms with Gasteiger partial charge in [0, 0.05) is 17.1 Å². The molecule has 6 unspecified atom stereocenters. The highest BCUT2D eigenvalue weighted by atomic mass is 32.2. The van der Waals surface area contributed by atoms with E-state index in [-0.39, 0.29) is 58.1 Å². The first-order valence-corrected chi connectivity index (χ1v) is 15.7. The van der Waals surface area contributed by atoms with Gasteiger partial charge in [-0.05, 0) is 79.9 Å². The van der Waals surface area contributed by atoms with E-state index in [0.717, 1.165) is 30.2 Å². The highest BCUT2D eigenvalue weighted by Crippen LogP contribution is 2.71. The lowest BCUT2D eigenvalue weighted by molar-refractivity contribution is -0.145. The lowest BCUT2D eigenvalue weighted by Crippen LogP contribution is -2.67. The number of alkyl halides is 1. The molecule has 3 saturated carbocycles. The summed E-state index contributed by atoms with van der Waals surface area (Å²) in [6.07, 6.45) is 13.9. The van der Waals surface area contributed by atoms with Crippen LogP contribution in [-0.4, -0.2) is 47.1 Å². The van der Waals surface area contributed by atoms with Crippen LogP contribution in [0.2, 0.25) is 0 Å². The van der Waals surface area contributed by atoms with Crippen LogP contribution in [0.1, 0.15) is 53.4 Å². The SMILES string of the molecule is C=CC/C=C\OC.C=COC(=C)C(=O)SCC1[C@H](C)CC2C3C[C@H](C)C4=CC(=O)C=CC4(C)[C@@]3(F)C(N=O)CC21C.O=CO. The van der Waals surface area contributed by atoms with Gasteiger partial charge in [-0.3, -0.25) is 14.4 Å². The van der Waals surface area contributed by atoms with Crippen molar-refractivity contribution in [1.82, 2.24) is 0 Å². The van der Waals surface area contributed by atoms with E-state index in [1.165, 1.54) is 12.3 Å². The van der Waals surface area contributed by atoms with Gasteiger partial charge in [0.2, 0.25) is 0 Å². The summed E-state index contributed by atoms with van der Waals surface area (Å²) in [6, 6.07) is -1.02. The number of halogens is 1. The van der Waals surface area contributed by atoms with E-state index in [0.29, 0.717) is 18.6 Å². The summed E-state index contributed by atoms with van der Waals surface area (Å²) in [6.45, 7) is 18.6. The molecule has 0 aromatic rings. The van der Waals surface area contributed by atoms with E-state index in [9.17, 15) is 14.5 Å². The third kappa shape index (κ3) is 7.00. The van der Waals surface area contributed by atoms with Crippen LogP contribution in [0, 0.1) is 45.3 Å². The molecular weight excluding hydrogens is 585 g/mol. The average Bonchev–Trinajstić information content (AvgIpc) is 3.23. The molecule has 0 heterocycles. The Hall–Kier alpha value is -3.27. The second-order valence-corrected chi connectivity index (χ2v) is 13.3. The van der Waals surface area contributed by atoms with Crippen LogP contribution in [-0.2, 0) is 23.9 Å². The van der Waals surface area contributed by atoms with Crippen molar-refractivity contribution in [2.24, 2.45) is 45.6 Å². The van der Waals surface area contributed by atoms with Crippen molar-refractivity contribution in [3.8, 4) is 0 Å². The molecule has 0 aromatic heterocycles. The quantitative estimate of drug-likeness (QED) is 0.0909. The fourth-order valence-corrected chi connectivity index (χ4v) is 9.43. The number of ketones is 1. The summed E-state index contributed by atoms with van der Waals surface area (Å²) in [7, 11) is 1.62. The molecule has 0 amide bonds. The van der Waals surface area contributed by atoms with Crippen molar-refractivity contribution in [3.63, 3.8) is 0 Å². The average molecular weight is 632 g/mol. The van der Waals surface area contributed by atoms with Crippen LogP contribution >= 0.6 is 11.8 Å². The summed E-state index contributed by atoms with van der Waals surface area (Å²) < 4.78 is 27.1. The minimum atomic E-state index is -1.85. The predicted octanol–water partition coefficient (Wildman–Crippen LogP) is 7.60. The number of nitrogens with zero attached hydrogens (tertiary/aromatic N) is 1. The molecule has 0 aliphatic heterocycles. The molecule has 4 aliphatic rings. The summed E-state index contributed by atoms with van der Waals surface area (Å²) in [5, 5.41) is 10.1. The number of hydrogen-bond donors (Lipinski definition) is 1. The van der Waals surface area contributed by atoms with Gasteiger partial charge in [-0.1, -0.05) is 68.6 Å². The lowest BCUT2D eigenvalue weighted by Gasteiger charge is -2.62. The van der Waals surface area contributed by atoms with E-state index in [4.69, 9.17) is 14.6 Å². The maximum absolute atomic E-state index is 17.5. The third-order valence-corrected chi connectivity index (χ3v) is 11.1. The Labute approximate surface area is 264 Å². The van der Waals surface area contributed by atoms with E-state index >= 15 is 4.39 Å². The molecule has 4 aliphatic carbocycles. The van der Waals surface area contributed by atoms with Crippen LogP contribution < -0.4 is 0 Å². The van der Waals surface area contributed by atoms with Gasteiger partial charge in [0.05, 0.1) is 19.6 Å². The number of rotatable bonds is 9. The van der Waals surface area contributed by atoms with E-state index in [1.807, 2.05) is 19.1 Å². The zero-order chi connectivity index (χ0) is 33.3. The second-order valence-electron chi connectivity index (χ2n) is 12.3. The Morgan fingerprint density at radius 2 is 1.91 bits per heavy atom. The van der Waals surface area contributed by atoms with Crippen molar-refractivity contribution in [2.45, 2.75) is 65.1 Å². The Kier molecular flexibility index (Phi) is 13.1. The van der Waals surface area contributed by atoms with Gasteiger partial charge in [-0.2, -0.15) is 4.91 Å². The molecule has 0 bridgehead atoms. The fourth-order valence-electron chi connectivity index (χ4n) is 8.18. The minimum Gasteiger partial charge on any atom is -0.505 e. The number of fused-ring (bicyclic) bond motifs is 5. The number of nitroso groups, excluding NO2 is 1. The standard InChI is InChI=1S/C27H34FNO4S.C6H10O.CH2O2/c1-7-33-17(4)24(31)34-14-22-16(3)10-20-21-11-15(2)19-12-18(30)8-9-26(19,6)27(21,28)23(29-32)13-25(20,22)5;1-3-4-5-6-7-2;2-1-3/h7-9,12,15-16,20-23H,1,4,10-11,13-14H2,2-3,5-6H3;3,5-6H,1,4H2,2H3;1H,(H,2,3)/b;6-5-;/t15-,16+,20?,21?,22?,23?,25?,26?,27-;;/m0../s1. The first-order valence-electron chi connectivity index (χ1n) is 14.7. The predicted molar refractivity (Wildman–Crippen MR) is 172 cm³/mol. The fraction of sp³-hybridized carbons (Fsp3) is 0.559. The highest BCUT2D eigenvalue weighted by Gasteiger charge is 2.72. The summed E-state index contributed by atoms with van der Waals surface area (Å²) >= 11 is 1.16. The zero-order valence-corrected chi connectivity index (χ0v) is 27.2. The number of carbonyl (C=O) groups is 3. The van der Waals surface area contributed by atoms with Crippen LogP contribution in [0.3, 0.4) is 0 Å². The summed E-state index contributed by atoms with van der Waals surface area (Å²) in [4.78, 5) is 45.2. The Morgan fingerprint density at radius 3 is 2.48 bits per heavy atom. The molecule has 10 heteroatoms. The number of methoxy groups -OCH3 is 1. The highest BCUT2D eigenvalue weighted by molar-refractivity contribution is 8.14. The normalized spacial score (nSPS) is 36.4. The van der Waals surface area contributed by atoms with Crippen LogP contribution in [0.5, 0.6) is 0 Å². The van der Waals surface area contributed by atoms with Gasteiger partial charge in [0.1, 0.15) is 6.04 Å². The largest absolute Gasteiger partial charge is 0.505 e. The number of hydrogen-bond acceptors (Lipinski definition) is 8. The smallest absolute Gasteiger partial charge is 0.290 e. The molecule has 0 saturated heterocycles. The Morgan fingerprint density at radius 1 is 1.25 bits per heavy atom. The van der Waals surface area contributed by atoms with Crippen molar-refractivity contribution in [1.29, 1.82) is 0 Å². The zero-order valence-electron chi connectivity index (χ0n) is 26.4. The van der Waals surface area contributed by atoms with Gasteiger partial charge in [0.15, 0.2) is 17.2 Å². The molecule has 0 radical (unpaired) electrons. The molecule has 3 fully saturated rings. The number of carbonyl (C=O) groups excluding carboxylic acids is 2. The van der Waals surface area contributed by atoms with Crippen LogP contribution in [0.25, 0.3) is 0 Å². The van der Waals surface area contributed by atoms with Crippen molar-refractivity contribution >= 4 is 29.1 Å². The second kappa shape index (κ2) is 15.6. The summed E-state index contributed by atoms with van der Waals surface area (Å²) in [5.74, 6) is 0.599. The third-order valence-electron chi connectivity index (χ3n) is 10.1. The van der Waals surface area contributed by atoms with E-state index in [1.54, 1.807) is 25.5 Å². The molecule has 0 spiro atoms. The molecule has 9 atom stereocenters.